The fraction of sp³-hybridized carbons (Fsp3) is 0.100. The average Bonchev–Trinajstić information content (AvgIpc) is 2.63. The quantitative estimate of drug-likeness (QED) is 0.746. The van der Waals surface area contributed by atoms with Crippen LogP contribution in [-0.4, -0.2) is 10.9 Å². The van der Waals surface area contributed by atoms with Gasteiger partial charge in [0.05, 0.1) is 23.5 Å². The summed E-state index contributed by atoms with van der Waals surface area (Å²) in [7, 11) is 0. The van der Waals surface area contributed by atoms with Gasteiger partial charge in [-0.15, -0.1) is 0 Å². The van der Waals surface area contributed by atoms with Gasteiger partial charge in [0.1, 0.15) is 0 Å². The second-order valence-corrected chi connectivity index (χ2v) is 5.54. The number of carbonyl (C=O) groups is 1. The molecular weight excluding hydrogens is 298 g/mol. The number of amides is 1. The minimum Gasteiger partial charge on any atom is -0.355 e. The molecule has 2 aromatic carbocycles. The molecule has 0 fully saturated rings. The third-order valence-electron chi connectivity index (χ3n) is 3.66. The zero-order chi connectivity index (χ0) is 16.8. The minimum absolute atomic E-state index is 0.129. The fourth-order valence-electron chi connectivity index (χ4n) is 2.35. The van der Waals surface area contributed by atoms with Crippen molar-refractivity contribution in [2.75, 3.05) is 5.32 Å². The molecule has 0 bridgehead atoms. The average molecular weight is 317 g/mol. The van der Waals surface area contributed by atoms with Crippen LogP contribution in [0.3, 0.4) is 0 Å². The molecule has 0 spiro atoms. The molecule has 4 nitrogen and oxygen atoms in total. The number of aryl methyl sites for hydroxylation is 1. The van der Waals surface area contributed by atoms with Crippen LogP contribution in [0.1, 0.15) is 21.6 Å². The molecule has 120 valence electrons. The van der Waals surface area contributed by atoms with Crippen LogP contribution in [0.2, 0.25) is 0 Å². The van der Waals surface area contributed by atoms with Crippen molar-refractivity contribution in [3.05, 3.63) is 89.7 Å². The van der Waals surface area contributed by atoms with Gasteiger partial charge >= 0.3 is 0 Å². The first kappa shape index (κ1) is 15.7. The molecule has 0 aliphatic rings. The summed E-state index contributed by atoms with van der Waals surface area (Å²) in [5.74, 6) is -0.129. The van der Waals surface area contributed by atoms with E-state index in [1.165, 1.54) is 5.56 Å². The van der Waals surface area contributed by atoms with E-state index in [2.05, 4.69) is 15.6 Å². The number of hydrogen-bond donors (Lipinski definition) is 2. The lowest BCUT2D eigenvalue weighted by Gasteiger charge is -2.12. The predicted octanol–water partition coefficient (Wildman–Crippen LogP) is 4.06. The Morgan fingerprint density at radius 1 is 0.958 bits per heavy atom. The number of para-hydroxylation sites is 1. The number of hydrogen-bond acceptors (Lipinski definition) is 3. The molecule has 0 radical (unpaired) electrons. The number of pyridine rings is 1. The number of carbonyl (C=O) groups excluding carboxylic acids is 1. The molecule has 0 aliphatic heterocycles. The standard InChI is InChI=1S/C20H19N3O/c1-15-9-11-16(12-10-15)23-19-8-3-2-7-18(19)20(24)22-14-17-6-4-5-13-21-17/h2-13,23H,14H2,1H3,(H,22,24). The van der Waals surface area contributed by atoms with E-state index in [0.717, 1.165) is 17.1 Å². The Morgan fingerprint density at radius 2 is 1.71 bits per heavy atom. The van der Waals surface area contributed by atoms with Crippen molar-refractivity contribution in [1.29, 1.82) is 0 Å². The molecule has 1 amide bonds. The van der Waals surface area contributed by atoms with Crippen molar-refractivity contribution in [3.8, 4) is 0 Å². The minimum atomic E-state index is -0.129. The van der Waals surface area contributed by atoms with Crippen LogP contribution in [0.25, 0.3) is 0 Å². The summed E-state index contributed by atoms with van der Waals surface area (Å²) in [5, 5.41) is 6.21. The lowest BCUT2D eigenvalue weighted by atomic mass is 10.1. The Hall–Kier alpha value is -3.14. The molecule has 0 aliphatic carbocycles. The Kier molecular flexibility index (Phi) is 4.87. The van der Waals surface area contributed by atoms with Gasteiger partial charge < -0.3 is 10.6 Å². The summed E-state index contributed by atoms with van der Waals surface area (Å²) in [5.41, 5.74) is 4.36. The van der Waals surface area contributed by atoms with Crippen molar-refractivity contribution >= 4 is 17.3 Å². The van der Waals surface area contributed by atoms with Crippen molar-refractivity contribution in [3.63, 3.8) is 0 Å². The smallest absolute Gasteiger partial charge is 0.253 e. The molecule has 0 atom stereocenters. The van der Waals surface area contributed by atoms with Crippen LogP contribution in [0.5, 0.6) is 0 Å². The first-order valence-electron chi connectivity index (χ1n) is 7.83. The Balaban J connectivity index is 1.73. The van der Waals surface area contributed by atoms with Gasteiger partial charge in [-0.05, 0) is 43.3 Å². The SMILES string of the molecule is Cc1ccc(Nc2ccccc2C(=O)NCc2ccccn2)cc1. The summed E-state index contributed by atoms with van der Waals surface area (Å²) in [4.78, 5) is 16.7. The van der Waals surface area contributed by atoms with Gasteiger partial charge in [0.25, 0.3) is 5.91 Å². The summed E-state index contributed by atoms with van der Waals surface area (Å²) >= 11 is 0. The third-order valence-corrected chi connectivity index (χ3v) is 3.66. The molecule has 1 aromatic heterocycles. The molecule has 24 heavy (non-hydrogen) atoms. The lowest BCUT2D eigenvalue weighted by Crippen LogP contribution is -2.24. The van der Waals surface area contributed by atoms with Crippen molar-refractivity contribution in [2.24, 2.45) is 0 Å². The molecule has 0 saturated heterocycles. The van der Waals surface area contributed by atoms with Gasteiger partial charge in [-0.1, -0.05) is 35.9 Å². The highest BCUT2D eigenvalue weighted by atomic mass is 16.1. The van der Waals surface area contributed by atoms with Gasteiger partial charge in [-0.25, -0.2) is 0 Å². The molecule has 0 saturated carbocycles. The normalized spacial score (nSPS) is 10.2. The zero-order valence-electron chi connectivity index (χ0n) is 13.5. The third kappa shape index (κ3) is 3.98. The van der Waals surface area contributed by atoms with E-state index in [1.807, 2.05) is 73.7 Å². The maximum atomic E-state index is 12.5. The van der Waals surface area contributed by atoms with Crippen LogP contribution < -0.4 is 10.6 Å². The summed E-state index contributed by atoms with van der Waals surface area (Å²) in [6.45, 7) is 2.45. The van der Waals surface area contributed by atoms with Gasteiger partial charge in [-0.2, -0.15) is 0 Å². The van der Waals surface area contributed by atoms with E-state index in [-0.39, 0.29) is 5.91 Å². The number of nitrogens with zero attached hydrogens (tertiary/aromatic N) is 1. The van der Waals surface area contributed by atoms with Crippen LogP contribution in [0, 0.1) is 6.92 Å². The fourth-order valence-corrected chi connectivity index (χ4v) is 2.35. The molecule has 1 heterocycles. The number of rotatable bonds is 5. The van der Waals surface area contributed by atoms with E-state index >= 15 is 0 Å². The van der Waals surface area contributed by atoms with Crippen molar-refractivity contribution in [1.82, 2.24) is 10.3 Å². The Morgan fingerprint density at radius 3 is 2.46 bits per heavy atom. The number of nitrogens with one attached hydrogen (secondary N) is 2. The van der Waals surface area contributed by atoms with E-state index in [4.69, 9.17) is 0 Å². The second kappa shape index (κ2) is 7.42. The largest absolute Gasteiger partial charge is 0.355 e. The number of benzene rings is 2. The van der Waals surface area contributed by atoms with Crippen LogP contribution >= 0.6 is 0 Å². The summed E-state index contributed by atoms with van der Waals surface area (Å²) in [6.07, 6.45) is 1.72. The zero-order valence-corrected chi connectivity index (χ0v) is 13.5. The maximum absolute atomic E-state index is 12.5. The van der Waals surface area contributed by atoms with E-state index in [0.29, 0.717) is 12.1 Å². The van der Waals surface area contributed by atoms with Crippen LogP contribution in [-0.2, 0) is 6.54 Å². The molecule has 4 heteroatoms. The predicted molar refractivity (Wildman–Crippen MR) is 96.3 cm³/mol. The first-order valence-corrected chi connectivity index (χ1v) is 7.83. The van der Waals surface area contributed by atoms with E-state index < -0.39 is 0 Å². The van der Waals surface area contributed by atoms with E-state index in [1.54, 1.807) is 6.20 Å². The second-order valence-electron chi connectivity index (χ2n) is 5.54. The number of aromatic nitrogens is 1. The molecule has 3 rings (SSSR count). The Bertz CT molecular complexity index is 814. The lowest BCUT2D eigenvalue weighted by molar-refractivity contribution is 0.0951. The molecule has 0 unspecified atom stereocenters. The first-order chi connectivity index (χ1) is 11.7. The highest BCUT2D eigenvalue weighted by Gasteiger charge is 2.11. The van der Waals surface area contributed by atoms with Gasteiger partial charge in [0, 0.05) is 11.9 Å². The highest BCUT2D eigenvalue weighted by molar-refractivity contribution is 6.00. The Labute approximate surface area is 141 Å². The van der Waals surface area contributed by atoms with E-state index in [9.17, 15) is 4.79 Å². The highest BCUT2D eigenvalue weighted by Crippen LogP contribution is 2.21. The van der Waals surface area contributed by atoms with Gasteiger partial charge in [0.2, 0.25) is 0 Å². The van der Waals surface area contributed by atoms with Gasteiger partial charge in [-0.3, -0.25) is 9.78 Å². The van der Waals surface area contributed by atoms with Crippen LogP contribution in [0.15, 0.2) is 72.9 Å². The maximum Gasteiger partial charge on any atom is 0.253 e. The molecular formula is C20H19N3O. The summed E-state index contributed by atoms with van der Waals surface area (Å²) in [6, 6.07) is 21.2. The molecule has 3 aromatic rings. The van der Waals surface area contributed by atoms with Crippen molar-refractivity contribution < 1.29 is 4.79 Å². The monoisotopic (exact) mass is 317 g/mol. The topological polar surface area (TPSA) is 54.0 Å². The molecule has 2 N–H and O–H groups in total. The summed E-state index contributed by atoms with van der Waals surface area (Å²) < 4.78 is 0. The van der Waals surface area contributed by atoms with Gasteiger partial charge in [0.15, 0.2) is 0 Å². The number of anilines is 2. The van der Waals surface area contributed by atoms with Crippen molar-refractivity contribution in [2.45, 2.75) is 13.5 Å². The van der Waals surface area contributed by atoms with Crippen LogP contribution in [0.4, 0.5) is 11.4 Å².